The summed E-state index contributed by atoms with van der Waals surface area (Å²) in [4.78, 5) is 8.79. The molecule has 2 aromatic carbocycles. The van der Waals surface area contributed by atoms with Crippen molar-refractivity contribution in [3.05, 3.63) is 70.9 Å². The lowest BCUT2D eigenvalue weighted by atomic mass is 10.1. The molecule has 0 fully saturated rings. The van der Waals surface area contributed by atoms with Gasteiger partial charge < -0.3 is 5.73 Å². The zero-order chi connectivity index (χ0) is 17.6. The third kappa shape index (κ3) is 4.21. The van der Waals surface area contributed by atoms with Gasteiger partial charge in [0.05, 0.1) is 0 Å². The first-order valence-electron chi connectivity index (χ1n) is 7.85. The largest absolute Gasteiger partial charge is 0.379 e. The fourth-order valence-electron chi connectivity index (χ4n) is 2.23. The molecule has 4 N–H and O–H groups in total. The van der Waals surface area contributed by atoms with E-state index in [-0.39, 0.29) is 5.82 Å². The highest BCUT2D eigenvalue weighted by molar-refractivity contribution is 5.95. The molecule has 0 aliphatic rings. The summed E-state index contributed by atoms with van der Waals surface area (Å²) in [6.07, 6.45) is 0. The summed E-state index contributed by atoms with van der Waals surface area (Å²) < 4.78 is 4.69. The molecule has 3 rings (SSSR count). The molecule has 7 nitrogen and oxygen atoms in total. The van der Waals surface area contributed by atoms with Crippen molar-refractivity contribution in [2.45, 2.75) is 20.5 Å². The van der Waals surface area contributed by atoms with Crippen molar-refractivity contribution in [3.63, 3.8) is 0 Å². The van der Waals surface area contributed by atoms with Crippen LogP contribution in [0.5, 0.6) is 0 Å². The lowest BCUT2D eigenvalue weighted by molar-refractivity contribution is -0.359. The van der Waals surface area contributed by atoms with E-state index in [1.807, 2.05) is 55.5 Å². The minimum Gasteiger partial charge on any atom is -0.379 e. The number of benzene rings is 2. The van der Waals surface area contributed by atoms with Crippen molar-refractivity contribution < 1.29 is 14.5 Å². The quantitative estimate of drug-likeness (QED) is 0.367. The molecule has 7 heteroatoms. The Bertz CT molecular complexity index is 874. The lowest BCUT2D eigenvalue weighted by Crippen LogP contribution is -2.70. The molecule has 0 radical (unpaired) electrons. The van der Waals surface area contributed by atoms with Crippen LogP contribution in [0.1, 0.15) is 22.4 Å². The molecule has 0 aliphatic heterocycles. The maximum Gasteiger partial charge on any atom is 0.336 e. The predicted octanol–water partition coefficient (Wildman–Crippen LogP) is 1.15. The first-order valence-corrected chi connectivity index (χ1v) is 7.85. The van der Waals surface area contributed by atoms with Gasteiger partial charge in [0.25, 0.3) is 0 Å². The standard InChI is InChI=1S/C18H19N5O2/c1-12-8-9-15(10-13(12)2)20-18(16-17(19)22-25-21-16)23-24-11-14-6-4-3-5-7-14/h3-10H,11H2,1-2H3,(H2,19,22)(H,20,23)/p+1. The van der Waals surface area contributed by atoms with Crippen LogP contribution < -0.4 is 16.2 Å². The molecule has 0 aliphatic carbocycles. The SMILES string of the molecule is Cc1ccc([NH+]=C(NOCc2ccccc2)c2nonc2N)cc1C. The Balaban J connectivity index is 1.81. The minimum atomic E-state index is 0.169. The van der Waals surface area contributed by atoms with E-state index in [0.717, 1.165) is 11.3 Å². The van der Waals surface area contributed by atoms with Crippen LogP contribution in [0.15, 0.2) is 53.2 Å². The van der Waals surface area contributed by atoms with Crippen molar-refractivity contribution in [1.29, 1.82) is 0 Å². The molecule has 3 aromatic rings. The van der Waals surface area contributed by atoms with Crippen LogP contribution in [0.25, 0.3) is 0 Å². The maximum absolute atomic E-state index is 5.81. The Morgan fingerprint density at radius 1 is 1.12 bits per heavy atom. The summed E-state index contributed by atoms with van der Waals surface area (Å²) in [6.45, 7) is 4.49. The molecule has 1 aromatic heterocycles. The maximum atomic E-state index is 5.81. The Hall–Kier alpha value is -3.19. The van der Waals surface area contributed by atoms with Gasteiger partial charge >= 0.3 is 5.84 Å². The number of nitrogen functional groups attached to an aromatic ring is 1. The average molecular weight is 338 g/mol. The number of aryl methyl sites for hydroxylation is 2. The van der Waals surface area contributed by atoms with Crippen LogP contribution in [0, 0.1) is 13.8 Å². The van der Waals surface area contributed by atoms with Gasteiger partial charge in [0.1, 0.15) is 12.3 Å². The monoisotopic (exact) mass is 338 g/mol. The summed E-state index contributed by atoms with van der Waals surface area (Å²) in [6, 6.07) is 15.8. The normalized spacial score (nSPS) is 11.5. The van der Waals surface area contributed by atoms with Crippen LogP contribution in [-0.4, -0.2) is 16.1 Å². The number of amidine groups is 1. The molecule has 0 spiro atoms. The lowest BCUT2D eigenvalue weighted by Gasteiger charge is -2.03. The van der Waals surface area contributed by atoms with Crippen molar-refractivity contribution in [2.75, 3.05) is 5.73 Å². The van der Waals surface area contributed by atoms with Crippen LogP contribution in [0.2, 0.25) is 0 Å². The van der Waals surface area contributed by atoms with Crippen LogP contribution >= 0.6 is 0 Å². The van der Waals surface area contributed by atoms with E-state index >= 15 is 0 Å². The molecule has 0 atom stereocenters. The zero-order valence-corrected chi connectivity index (χ0v) is 14.1. The second-order valence-electron chi connectivity index (χ2n) is 5.67. The molecule has 25 heavy (non-hydrogen) atoms. The van der Waals surface area contributed by atoms with Crippen LogP contribution in [0.3, 0.4) is 0 Å². The summed E-state index contributed by atoms with van der Waals surface area (Å²) >= 11 is 0. The molecule has 0 saturated heterocycles. The summed E-state index contributed by atoms with van der Waals surface area (Å²) in [5.41, 5.74) is 13.3. The number of anilines is 1. The van der Waals surface area contributed by atoms with E-state index in [1.54, 1.807) is 0 Å². The van der Waals surface area contributed by atoms with Crippen molar-refractivity contribution in [2.24, 2.45) is 0 Å². The fraction of sp³-hybridized carbons (Fsp3) is 0.167. The predicted molar refractivity (Wildman–Crippen MR) is 93.7 cm³/mol. The summed E-state index contributed by atoms with van der Waals surface area (Å²) in [5.74, 6) is 0.625. The van der Waals surface area contributed by atoms with E-state index in [4.69, 9.17) is 15.2 Å². The smallest absolute Gasteiger partial charge is 0.336 e. The summed E-state index contributed by atoms with van der Waals surface area (Å²) in [7, 11) is 0. The number of nitrogens with zero attached hydrogens (tertiary/aromatic N) is 2. The minimum absolute atomic E-state index is 0.169. The Labute approximate surface area is 145 Å². The van der Waals surface area contributed by atoms with Gasteiger partial charge in [-0.05, 0) is 53.0 Å². The number of nitrogens with one attached hydrogen (secondary N) is 2. The molecule has 1 heterocycles. The fourth-order valence-corrected chi connectivity index (χ4v) is 2.23. The number of hydroxylamine groups is 1. The van der Waals surface area contributed by atoms with Crippen molar-refractivity contribution in [3.8, 4) is 0 Å². The van der Waals surface area contributed by atoms with Gasteiger partial charge in [-0.25, -0.2) is 9.62 Å². The second-order valence-corrected chi connectivity index (χ2v) is 5.67. The molecular formula is C18H20N5O2+. The number of nitrogens with two attached hydrogens (primary N) is 1. The molecule has 0 saturated carbocycles. The first-order chi connectivity index (χ1) is 12.1. The highest BCUT2D eigenvalue weighted by Crippen LogP contribution is 2.10. The number of rotatable bonds is 5. The van der Waals surface area contributed by atoms with Crippen LogP contribution in [-0.2, 0) is 11.4 Å². The Kier molecular flexibility index (Phi) is 5.06. The van der Waals surface area contributed by atoms with Gasteiger partial charge in [0, 0.05) is 0 Å². The van der Waals surface area contributed by atoms with Gasteiger partial charge in [-0.2, -0.15) is 4.84 Å². The highest BCUT2D eigenvalue weighted by Gasteiger charge is 2.21. The molecule has 0 amide bonds. The molecular weight excluding hydrogens is 318 g/mol. The molecule has 0 bridgehead atoms. The van der Waals surface area contributed by atoms with Crippen LogP contribution in [0.4, 0.5) is 11.5 Å². The zero-order valence-electron chi connectivity index (χ0n) is 14.1. The van der Waals surface area contributed by atoms with E-state index in [2.05, 4.69) is 27.7 Å². The van der Waals surface area contributed by atoms with E-state index in [9.17, 15) is 0 Å². The number of hydrogen-bond acceptors (Lipinski definition) is 5. The van der Waals surface area contributed by atoms with Gasteiger partial charge in [-0.3, -0.25) is 0 Å². The van der Waals surface area contributed by atoms with E-state index in [1.165, 1.54) is 11.1 Å². The van der Waals surface area contributed by atoms with Crippen molar-refractivity contribution in [1.82, 2.24) is 15.8 Å². The van der Waals surface area contributed by atoms with Crippen molar-refractivity contribution >= 4 is 17.3 Å². The summed E-state index contributed by atoms with van der Waals surface area (Å²) in [5, 5.41) is 7.44. The third-order valence-corrected chi connectivity index (χ3v) is 3.78. The Morgan fingerprint density at radius 2 is 1.92 bits per heavy atom. The molecule has 128 valence electrons. The number of aromatic nitrogens is 2. The highest BCUT2D eigenvalue weighted by atomic mass is 16.6. The first kappa shape index (κ1) is 16.7. The van der Waals surface area contributed by atoms with Gasteiger partial charge in [-0.1, -0.05) is 36.4 Å². The van der Waals surface area contributed by atoms with Gasteiger partial charge in [-0.15, -0.1) is 5.48 Å². The Morgan fingerprint density at radius 3 is 2.60 bits per heavy atom. The third-order valence-electron chi connectivity index (χ3n) is 3.78. The average Bonchev–Trinajstić information content (AvgIpc) is 3.04. The second kappa shape index (κ2) is 7.59. The van der Waals surface area contributed by atoms with Gasteiger partial charge in [0.15, 0.2) is 0 Å². The molecule has 0 unspecified atom stereocenters. The van der Waals surface area contributed by atoms with E-state index in [0.29, 0.717) is 18.1 Å². The van der Waals surface area contributed by atoms with Gasteiger partial charge in [0.2, 0.25) is 11.5 Å². The number of hydrogen-bond donors (Lipinski definition) is 3. The van der Waals surface area contributed by atoms with E-state index < -0.39 is 0 Å². The topological polar surface area (TPSA) is 100 Å².